The Morgan fingerprint density at radius 3 is 2.42 bits per heavy atom. The largest absolute Gasteiger partial charge is 0.372 e. The predicted octanol–water partition coefficient (Wildman–Crippen LogP) is 0.961. The maximum Gasteiger partial charge on any atom is 0.290 e. The summed E-state index contributed by atoms with van der Waals surface area (Å²) >= 11 is 0. The first-order chi connectivity index (χ1) is 11.5. The summed E-state index contributed by atoms with van der Waals surface area (Å²) in [6.07, 6.45) is -0.0441. The fraction of sp³-hybridized carbons (Fsp3) is 0.471. The molecular formula is C17H22N4O3. The Balaban J connectivity index is 1.81. The van der Waals surface area contributed by atoms with Crippen molar-refractivity contribution in [3.8, 4) is 0 Å². The number of nitrogens with one attached hydrogen (secondary N) is 1. The van der Waals surface area contributed by atoms with Crippen molar-refractivity contribution in [2.75, 3.05) is 18.1 Å². The molecule has 0 aromatic heterocycles. The highest BCUT2D eigenvalue weighted by Crippen LogP contribution is 2.17. The van der Waals surface area contributed by atoms with E-state index in [1.807, 2.05) is 44.2 Å². The monoisotopic (exact) mass is 330 g/mol. The molecule has 0 bridgehead atoms. The van der Waals surface area contributed by atoms with Gasteiger partial charge in [0.25, 0.3) is 11.8 Å². The molecule has 2 aliphatic heterocycles. The zero-order valence-corrected chi connectivity index (χ0v) is 14.1. The third-order valence-corrected chi connectivity index (χ3v) is 4.04. The first-order valence-corrected chi connectivity index (χ1v) is 8.14. The molecule has 24 heavy (non-hydrogen) atoms. The third-order valence-electron chi connectivity index (χ3n) is 4.04. The molecule has 0 aliphatic carbocycles. The summed E-state index contributed by atoms with van der Waals surface area (Å²) in [4.78, 5) is 31.2. The molecule has 0 spiro atoms. The Kier molecular flexibility index (Phi) is 4.53. The third kappa shape index (κ3) is 3.26. The van der Waals surface area contributed by atoms with Crippen molar-refractivity contribution in [3.05, 3.63) is 30.3 Å². The molecule has 3 rings (SSSR count). The van der Waals surface area contributed by atoms with Crippen LogP contribution in [0.25, 0.3) is 0 Å². The van der Waals surface area contributed by atoms with Crippen molar-refractivity contribution in [1.82, 2.24) is 10.3 Å². The lowest BCUT2D eigenvalue weighted by Crippen LogP contribution is -2.60. The highest BCUT2D eigenvalue weighted by atomic mass is 16.5. The second-order valence-electron chi connectivity index (χ2n) is 6.24. The van der Waals surface area contributed by atoms with Crippen LogP contribution in [0, 0.1) is 0 Å². The second-order valence-corrected chi connectivity index (χ2v) is 6.24. The number of carbonyl (C=O) groups excluding carboxylic acids is 2. The van der Waals surface area contributed by atoms with Crippen molar-refractivity contribution in [2.45, 2.75) is 39.0 Å². The summed E-state index contributed by atoms with van der Waals surface area (Å²) < 4.78 is 5.66. The van der Waals surface area contributed by atoms with Crippen molar-refractivity contribution in [1.29, 1.82) is 0 Å². The molecule has 7 heteroatoms. The number of hydrogen-bond acceptors (Lipinski definition) is 5. The number of nitrogens with zero attached hydrogens (tertiary/aromatic N) is 3. The van der Waals surface area contributed by atoms with Crippen LogP contribution in [0.2, 0.25) is 0 Å². The highest BCUT2D eigenvalue weighted by Gasteiger charge is 2.34. The molecule has 2 heterocycles. The molecule has 1 N–H and O–H groups in total. The number of hydrazine groups is 1. The number of amidine groups is 1. The van der Waals surface area contributed by atoms with E-state index < -0.39 is 6.04 Å². The van der Waals surface area contributed by atoms with Gasteiger partial charge in [0.2, 0.25) is 5.84 Å². The van der Waals surface area contributed by atoms with Gasteiger partial charge in [-0.05, 0) is 32.9 Å². The van der Waals surface area contributed by atoms with Crippen molar-refractivity contribution >= 4 is 23.3 Å². The van der Waals surface area contributed by atoms with E-state index in [9.17, 15) is 9.59 Å². The molecule has 0 saturated carbocycles. The van der Waals surface area contributed by atoms with Gasteiger partial charge in [-0.3, -0.25) is 15.0 Å². The van der Waals surface area contributed by atoms with Gasteiger partial charge in [-0.15, -0.1) is 0 Å². The van der Waals surface area contributed by atoms with Crippen LogP contribution < -0.4 is 10.4 Å². The normalized spacial score (nSPS) is 27.5. The van der Waals surface area contributed by atoms with Gasteiger partial charge in [0, 0.05) is 13.1 Å². The average molecular weight is 330 g/mol. The van der Waals surface area contributed by atoms with Crippen LogP contribution in [0.1, 0.15) is 20.8 Å². The smallest absolute Gasteiger partial charge is 0.290 e. The van der Waals surface area contributed by atoms with Crippen LogP contribution >= 0.6 is 0 Å². The Hall–Kier alpha value is -2.41. The Morgan fingerprint density at radius 1 is 1.17 bits per heavy atom. The number of carbonyl (C=O) groups is 2. The van der Waals surface area contributed by atoms with E-state index in [0.29, 0.717) is 18.8 Å². The lowest BCUT2D eigenvalue weighted by atomic mass is 10.2. The SMILES string of the molecule is C[C@@H]1CN(C(=O)C2=N[C@H](C)C(=O)N(c3ccccc3)N2)C[C@H](C)O1. The van der Waals surface area contributed by atoms with Crippen LogP contribution in [0.3, 0.4) is 0 Å². The number of para-hydroxylation sites is 1. The highest BCUT2D eigenvalue weighted by molar-refractivity contribution is 6.39. The van der Waals surface area contributed by atoms with Crippen LogP contribution in [0.4, 0.5) is 5.69 Å². The fourth-order valence-corrected chi connectivity index (χ4v) is 2.99. The molecule has 0 unspecified atom stereocenters. The minimum absolute atomic E-state index is 0.0221. The average Bonchev–Trinajstić information content (AvgIpc) is 2.56. The summed E-state index contributed by atoms with van der Waals surface area (Å²) in [5.41, 5.74) is 3.56. The van der Waals surface area contributed by atoms with E-state index in [1.54, 1.807) is 11.8 Å². The Labute approximate surface area is 141 Å². The van der Waals surface area contributed by atoms with E-state index >= 15 is 0 Å². The zero-order valence-electron chi connectivity index (χ0n) is 14.1. The Morgan fingerprint density at radius 2 is 1.79 bits per heavy atom. The molecule has 1 aromatic carbocycles. The maximum absolute atomic E-state index is 12.8. The summed E-state index contributed by atoms with van der Waals surface area (Å²) in [6, 6.07) is 8.56. The predicted molar refractivity (Wildman–Crippen MR) is 90.5 cm³/mol. The van der Waals surface area contributed by atoms with Crippen LogP contribution in [-0.4, -0.2) is 53.9 Å². The van der Waals surface area contributed by atoms with Crippen molar-refractivity contribution < 1.29 is 14.3 Å². The molecule has 2 aliphatic rings. The number of rotatable bonds is 2. The van der Waals surface area contributed by atoms with Gasteiger partial charge < -0.3 is 9.64 Å². The molecule has 7 nitrogen and oxygen atoms in total. The van der Waals surface area contributed by atoms with Crippen molar-refractivity contribution in [2.24, 2.45) is 4.99 Å². The van der Waals surface area contributed by atoms with E-state index in [2.05, 4.69) is 10.4 Å². The standard InChI is InChI=1S/C17H22N4O3/c1-11-9-20(10-12(2)24-11)17(23)15-18-13(3)16(22)21(19-15)14-7-5-4-6-8-14/h4-8,11-13H,9-10H2,1-3H3,(H,18,19)/t11-,12+,13-/m1/s1. The quantitative estimate of drug-likeness (QED) is 0.876. The Bertz CT molecular complexity index is 651. The lowest BCUT2D eigenvalue weighted by molar-refractivity contribution is -0.136. The number of amides is 2. The molecule has 3 atom stereocenters. The van der Waals surface area contributed by atoms with Crippen LogP contribution in [-0.2, 0) is 14.3 Å². The van der Waals surface area contributed by atoms with Gasteiger partial charge in [0.1, 0.15) is 6.04 Å². The van der Waals surface area contributed by atoms with E-state index in [1.165, 1.54) is 5.01 Å². The molecule has 1 fully saturated rings. The zero-order chi connectivity index (χ0) is 17.3. The number of anilines is 1. The van der Waals surface area contributed by atoms with Crippen LogP contribution in [0.15, 0.2) is 35.3 Å². The van der Waals surface area contributed by atoms with Crippen LogP contribution in [0.5, 0.6) is 0 Å². The minimum atomic E-state index is -0.610. The van der Waals surface area contributed by atoms with Gasteiger partial charge in [-0.25, -0.2) is 10.0 Å². The van der Waals surface area contributed by atoms with E-state index in [4.69, 9.17) is 4.74 Å². The molecule has 128 valence electrons. The number of ether oxygens (including phenoxy) is 1. The van der Waals surface area contributed by atoms with Gasteiger partial charge in [-0.1, -0.05) is 18.2 Å². The number of hydrogen-bond donors (Lipinski definition) is 1. The molecule has 0 radical (unpaired) electrons. The first kappa shape index (κ1) is 16.4. The van der Waals surface area contributed by atoms with Crippen molar-refractivity contribution in [3.63, 3.8) is 0 Å². The van der Waals surface area contributed by atoms with E-state index in [-0.39, 0.29) is 29.9 Å². The molecule has 1 aromatic rings. The summed E-state index contributed by atoms with van der Waals surface area (Å²) in [6.45, 7) is 6.59. The van der Waals surface area contributed by atoms with E-state index in [0.717, 1.165) is 0 Å². The first-order valence-electron chi connectivity index (χ1n) is 8.14. The summed E-state index contributed by atoms with van der Waals surface area (Å²) in [7, 11) is 0. The lowest BCUT2D eigenvalue weighted by Gasteiger charge is -2.37. The summed E-state index contributed by atoms with van der Waals surface area (Å²) in [5.74, 6) is -0.217. The van der Waals surface area contributed by atoms with Gasteiger partial charge in [-0.2, -0.15) is 0 Å². The van der Waals surface area contributed by atoms with Gasteiger partial charge >= 0.3 is 0 Å². The number of aliphatic imine (C=N–C) groups is 1. The number of benzene rings is 1. The minimum Gasteiger partial charge on any atom is -0.372 e. The second kappa shape index (κ2) is 6.60. The van der Waals surface area contributed by atoms with Gasteiger partial charge in [0.15, 0.2) is 0 Å². The van der Waals surface area contributed by atoms with Gasteiger partial charge in [0.05, 0.1) is 17.9 Å². The maximum atomic E-state index is 12.8. The topological polar surface area (TPSA) is 74.2 Å². The molecular weight excluding hydrogens is 308 g/mol. The summed E-state index contributed by atoms with van der Waals surface area (Å²) in [5, 5.41) is 1.39. The molecule has 1 saturated heterocycles. The molecule has 2 amide bonds. The number of morpholine rings is 1. The fourth-order valence-electron chi connectivity index (χ4n) is 2.99.